The highest BCUT2D eigenvalue weighted by molar-refractivity contribution is 6.15. The van der Waals surface area contributed by atoms with Gasteiger partial charge in [-0.2, -0.15) is 0 Å². The van der Waals surface area contributed by atoms with Crippen LogP contribution in [-0.2, 0) is 18.5 Å². The SMILES string of the molecule is Cc1cc(O)c(CN2C[C@H]3C[C@@H](C2)c2cccc(=O)n2C3)c2c1C(=O)/C(=C/c1ccc(C(C)(C)C)cc1)O2. The van der Waals surface area contributed by atoms with Crippen molar-refractivity contribution in [1.82, 2.24) is 9.47 Å². The molecule has 3 aliphatic heterocycles. The number of aromatic nitrogens is 1. The predicted molar refractivity (Wildman–Crippen MR) is 148 cm³/mol. The largest absolute Gasteiger partial charge is 0.507 e. The molecule has 6 nitrogen and oxygen atoms in total. The fraction of sp³-hybridized carbons (Fsp3) is 0.375. The average molecular weight is 511 g/mol. The van der Waals surface area contributed by atoms with Crippen LogP contribution in [0.5, 0.6) is 11.5 Å². The number of aromatic hydroxyl groups is 1. The molecule has 0 saturated carbocycles. The molecule has 1 fully saturated rings. The molecular weight excluding hydrogens is 476 g/mol. The van der Waals surface area contributed by atoms with Gasteiger partial charge in [-0.15, -0.1) is 0 Å². The molecule has 196 valence electrons. The van der Waals surface area contributed by atoms with E-state index in [1.54, 1.807) is 18.2 Å². The first kappa shape index (κ1) is 24.7. The third kappa shape index (κ3) is 4.27. The highest BCUT2D eigenvalue weighted by Crippen LogP contribution is 2.44. The molecule has 1 saturated heterocycles. The van der Waals surface area contributed by atoms with Crippen LogP contribution in [0.25, 0.3) is 6.08 Å². The molecule has 6 heteroatoms. The maximum Gasteiger partial charge on any atom is 0.250 e. The number of phenols is 1. The summed E-state index contributed by atoms with van der Waals surface area (Å²) in [5.74, 6) is 1.39. The van der Waals surface area contributed by atoms with Crippen molar-refractivity contribution in [2.45, 2.75) is 58.5 Å². The molecule has 0 unspecified atom stereocenters. The van der Waals surface area contributed by atoms with Gasteiger partial charge in [0.05, 0.1) is 11.1 Å². The Kier molecular flexibility index (Phi) is 5.84. The van der Waals surface area contributed by atoms with Gasteiger partial charge in [-0.3, -0.25) is 14.5 Å². The molecular formula is C32H34N2O4. The normalized spacial score (nSPS) is 21.8. The van der Waals surface area contributed by atoms with E-state index in [0.717, 1.165) is 37.3 Å². The number of fused-ring (bicyclic) bond motifs is 5. The van der Waals surface area contributed by atoms with Gasteiger partial charge in [-0.1, -0.05) is 51.1 Å². The van der Waals surface area contributed by atoms with Crippen LogP contribution in [0.2, 0.25) is 0 Å². The number of carbonyl (C=O) groups excluding carboxylic acids is 1. The van der Waals surface area contributed by atoms with Gasteiger partial charge in [0.2, 0.25) is 5.78 Å². The number of phenolic OH excluding ortho intramolecular Hbond substituents is 1. The van der Waals surface area contributed by atoms with Gasteiger partial charge in [0.1, 0.15) is 11.5 Å². The maximum absolute atomic E-state index is 13.4. The van der Waals surface area contributed by atoms with Crippen LogP contribution < -0.4 is 10.3 Å². The number of Topliss-reactive ketones (excluding diaryl/α,β-unsaturated/α-hetero) is 1. The second kappa shape index (κ2) is 8.98. The lowest BCUT2D eigenvalue weighted by molar-refractivity contribution is 0.101. The molecule has 2 bridgehead atoms. The molecule has 3 aromatic rings. The first-order chi connectivity index (χ1) is 18.1. The minimum Gasteiger partial charge on any atom is -0.507 e. The van der Waals surface area contributed by atoms with E-state index in [1.165, 1.54) is 5.56 Å². The zero-order valence-corrected chi connectivity index (χ0v) is 22.5. The van der Waals surface area contributed by atoms with Crippen molar-refractivity contribution in [1.29, 1.82) is 0 Å². The van der Waals surface area contributed by atoms with Gasteiger partial charge in [0.25, 0.3) is 5.56 Å². The standard InChI is InChI=1S/C32H34N2O4/c1-19-12-26(35)24(18-33-15-21-13-22(17-33)25-6-5-7-28(36)34(25)16-21)31-29(19)30(37)27(38-31)14-20-8-10-23(11-9-20)32(2,3)4/h5-12,14,21-22,35H,13,15-18H2,1-4H3/b27-14-/t21-,22+/m1/s1. The van der Waals surface area contributed by atoms with Crippen molar-refractivity contribution in [2.75, 3.05) is 13.1 Å². The number of rotatable bonds is 3. The zero-order valence-electron chi connectivity index (χ0n) is 22.5. The Morgan fingerprint density at radius 1 is 1.05 bits per heavy atom. The molecule has 2 atom stereocenters. The number of pyridine rings is 1. The minimum atomic E-state index is -0.150. The first-order valence-electron chi connectivity index (χ1n) is 13.4. The van der Waals surface area contributed by atoms with Crippen molar-refractivity contribution >= 4 is 11.9 Å². The number of ketones is 1. The quantitative estimate of drug-likeness (QED) is 0.478. The summed E-state index contributed by atoms with van der Waals surface area (Å²) in [4.78, 5) is 28.1. The number of nitrogens with zero attached hydrogens (tertiary/aromatic N) is 2. The van der Waals surface area contributed by atoms with Gasteiger partial charge in [0, 0.05) is 43.9 Å². The number of hydrogen-bond donors (Lipinski definition) is 1. The van der Waals surface area contributed by atoms with Crippen LogP contribution in [0, 0.1) is 12.8 Å². The number of aryl methyl sites for hydroxylation is 1. The predicted octanol–water partition coefficient (Wildman–Crippen LogP) is 5.40. The third-order valence-corrected chi connectivity index (χ3v) is 8.23. The summed E-state index contributed by atoms with van der Waals surface area (Å²) in [6.45, 7) is 11.2. The Hall–Kier alpha value is -3.64. The van der Waals surface area contributed by atoms with Crippen molar-refractivity contribution in [2.24, 2.45) is 5.92 Å². The summed E-state index contributed by atoms with van der Waals surface area (Å²) in [6.07, 6.45) is 2.85. The fourth-order valence-electron chi connectivity index (χ4n) is 6.31. The lowest BCUT2D eigenvalue weighted by Gasteiger charge is -2.43. The van der Waals surface area contributed by atoms with E-state index in [-0.39, 0.29) is 34.2 Å². The Morgan fingerprint density at radius 2 is 1.82 bits per heavy atom. The third-order valence-electron chi connectivity index (χ3n) is 8.23. The summed E-state index contributed by atoms with van der Waals surface area (Å²) in [7, 11) is 0. The highest BCUT2D eigenvalue weighted by atomic mass is 16.5. The molecule has 3 aliphatic rings. The van der Waals surface area contributed by atoms with Crippen molar-refractivity contribution in [3.05, 3.63) is 98.2 Å². The molecule has 4 heterocycles. The van der Waals surface area contributed by atoms with Crippen molar-refractivity contribution in [3.8, 4) is 11.5 Å². The molecule has 0 spiro atoms. The van der Waals surface area contributed by atoms with Gasteiger partial charge >= 0.3 is 0 Å². The summed E-state index contributed by atoms with van der Waals surface area (Å²) < 4.78 is 8.12. The monoisotopic (exact) mass is 510 g/mol. The van der Waals surface area contributed by atoms with E-state index in [0.29, 0.717) is 34.9 Å². The zero-order chi connectivity index (χ0) is 26.8. The second-order valence-corrected chi connectivity index (χ2v) is 12.1. The minimum absolute atomic E-state index is 0.0517. The molecule has 0 aliphatic carbocycles. The second-order valence-electron chi connectivity index (χ2n) is 12.1. The van der Waals surface area contributed by atoms with E-state index in [9.17, 15) is 14.7 Å². The van der Waals surface area contributed by atoms with Crippen LogP contribution >= 0.6 is 0 Å². The average Bonchev–Trinajstić information content (AvgIpc) is 3.18. The molecule has 38 heavy (non-hydrogen) atoms. The Balaban J connectivity index is 1.28. The lowest BCUT2D eigenvalue weighted by Crippen LogP contribution is -2.46. The Labute approximate surface area is 223 Å². The summed E-state index contributed by atoms with van der Waals surface area (Å²) in [5.41, 5.74) is 5.22. The van der Waals surface area contributed by atoms with Gasteiger partial charge in [-0.05, 0) is 59.6 Å². The molecule has 0 radical (unpaired) electrons. The Morgan fingerprint density at radius 3 is 2.55 bits per heavy atom. The van der Waals surface area contributed by atoms with Gasteiger partial charge < -0.3 is 14.4 Å². The topological polar surface area (TPSA) is 71.8 Å². The smallest absolute Gasteiger partial charge is 0.250 e. The van der Waals surface area contributed by atoms with E-state index < -0.39 is 0 Å². The summed E-state index contributed by atoms with van der Waals surface area (Å²) in [5, 5.41) is 11.0. The number of benzene rings is 2. The van der Waals surface area contributed by atoms with Crippen LogP contribution in [0.4, 0.5) is 0 Å². The number of hydrogen-bond acceptors (Lipinski definition) is 5. The Bertz CT molecular complexity index is 1520. The number of likely N-dealkylation sites (tertiary alicyclic amines) is 1. The van der Waals surface area contributed by atoms with E-state index in [4.69, 9.17) is 4.74 Å². The lowest BCUT2D eigenvalue weighted by atomic mass is 9.83. The summed E-state index contributed by atoms with van der Waals surface area (Å²) in [6, 6.07) is 15.4. The van der Waals surface area contributed by atoms with E-state index in [2.05, 4.69) is 43.9 Å². The van der Waals surface area contributed by atoms with Crippen LogP contribution in [0.1, 0.15) is 71.4 Å². The van der Waals surface area contributed by atoms with Gasteiger partial charge in [0.15, 0.2) is 5.76 Å². The molecule has 1 aromatic heterocycles. The van der Waals surface area contributed by atoms with Crippen LogP contribution in [0.3, 0.4) is 0 Å². The number of allylic oxidation sites excluding steroid dienone is 1. The van der Waals surface area contributed by atoms with Gasteiger partial charge in [-0.25, -0.2) is 0 Å². The first-order valence-corrected chi connectivity index (χ1v) is 13.4. The molecule has 6 rings (SSSR count). The highest BCUT2D eigenvalue weighted by Gasteiger charge is 2.37. The molecule has 1 N–H and O–H groups in total. The number of carbonyl (C=O) groups is 1. The van der Waals surface area contributed by atoms with E-state index >= 15 is 0 Å². The fourth-order valence-corrected chi connectivity index (χ4v) is 6.31. The summed E-state index contributed by atoms with van der Waals surface area (Å²) >= 11 is 0. The number of ether oxygens (including phenoxy) is 1. The number of piperidine rings is 1. The maximum atomic E-state index is 13.4. The van der Waals surface area contributed by atoms with Crippen LogP contribution in [-0.4, -0.2) is 33.4 Å². The molecule has 0 amide bonds. The van der Waals surface area contributed by atoms with E-state index in [1.807, 2.05) is 29.7 Å². The van der Waals surface area contributed by atoms with Crippen LogP contribution in [0.15, 0.2) is 59.1 Å². The van der Waals surface area contributed by atoms with Crippen molar-refractivity contribution < 1.29 is 14.6 Å². The molecule has 2 aromatic carbocycles. The van der Waals surface area contributed by atoms with Crippen molar-refractivity contribution in [3.63, 3.8) is 0 Å².